The first kappa shape index (κ1) is 54.4. The molecule has 4 aliphatic rings. The van der Waals surface area contributed by atoms with E-state index in [1.54, 1.807) is 32.3 Å². The van der Waals surface area contributed by atoms with Crippen LogP contribution < -0.4 is 20.4 Å². The molecule has 2 atom stereocenters. The fraction of sp³-hybridized carbons (Fsp3) is 0.537. The Hall–Kier alpha value is -6.37. The van der Waals surface area contributed by atoms with Gasteiger partial charge >= 0.3 is 5.97 Å². The van der Waals surface area contributed by atoms with Gasteiger partial charge in [-0.05, 0) is 88.8 Å². The van der Waals surface area contributed by atoms with Gasteiger partial charge in [-0.2, -0.15) is 0 Å². The Labute approximate surface area is 443 Å². The molecule has 7 N–H and O–H groups in total. The average Bonchev–Trinajstić information content (AvgIpc) is 3.79. The first-order chi connectivity index (χ1) is 36.7. The minimum Gasteiger partial charge on any atom is -0.481 e. The summed E-state index contributed by atoms with van der Waals surface area (Å²) < 4.78 is 0. The first-order valence-corrected chi connectivity index (χ1v) is 26.7. The molecule has 4 fully saturated rings. The molecular weight excluding hydrogens is 969 g/mol. The number of fused-ring (bicyclic) bond motifs is 2. The van der Waals surface area contributed by atoms with E-state index in [0.29, 0.717) is 72.2 Å². The highest BCUT2D eigenvalue weighted by molar-refractivity contribution is 5.91. The van der Waals surface area contributed by atoms with E-state index in [1.165, 1.54) is 0 Å². The SMILES string of the molecule is CC(O)c1cc2cnc(Nc3ccc(CN4CCN(CCO)CC4)cn3)nc2c(N2CCC(C(=O)O)CC2)n1.CC(O)c1cc2cnc(Nc3ccc(CN4CCN(CCO)CC4)cn3)nc2c(N2CCCC2(C)C)n1. The van der Waals surface area contributed by atoms with Gasteiger partial charge in [-0.25, -0.2) is 39.9 Å². The molecule has 0 saturated carbocycles. The van der Waals surface area contributed by atoms with Crippen LogP contribution in [0.2, 0.25) is 0 Å². The number of anilines is 6. The van der Waals surface area contributed by atoms with Crippen LogP contribution in [0.15, 0.2) is 61.2 Å². The van der Waals surface area contributed by atoms with Crippen LogP contribution in [-0.2, 0) is 17.9 Å². The van der Waals surface area contributed by atoms with Crippen LogP contribution in [0.25, 0.3) is 21.8 Å². The number of nitrogens with one attached hydrogen (secondary N) is 2. The number of aromatic nitrogens is 8. The molecule has 0 spiro atoms. The highest BCUT2D eigenvalue weighted by atomic mass is 16.4. The van der Waals surface area contributed by atoms with Crippen LogP contribution in [0.4, 0.5) is 35.2 Å². The number of pyridine rings is 4. The van der Waals surface area contributed by atoms with Crippen molar-refractivity contribution in [2.75, 3.05) is 119 Å². The van der Waals surface area contributed by atoms with Gasteiger partial charge in [0.15, 0.2) is 11.6 Å². The molecule has 22 heteroatoms. The third-order valence-corrected chi connectivity index (χ3v) is 15.0. The molecule has 0 aromatic carbocycles. The lowest BCUT2D eigenvalue weighted by Gasteiger charge is -2.34. The third kappa shape index (κ3) is 13.6. The van der Waals surface area contributed by atoms with E-state index in [4.69, 9.17) is 30.1 Å². The Balaban J connectivity index is 0.000000186. The number of aliphatic hydroxyl groups excluding tert-OH is 4. The number of piperazine rings is 2. The molecule has 22 nitrogen and oxygen atoms in total. The number of nitrogens with zero attached hydrogens (tertiary/aromatic N) is 14. The predicted molar refractivity (Wildman–Crippen MR) is 292 cm³/mol. The predicted octanol–water partition coefficient (Wildman–Crippen LogP) is 4.33. The molecule has 0 amide bonds. The fourth-order valence-electron chi connectivity index (χ4n) is 10.4. The zero-order valence-electron chi connectivity index (χ0n) is 44.3. The Kier molecular flexibility index (Phi) is 17.7. The normalized spacial score (nSPS) is 18.9. The number of hydrogen-bond acceptors (Lipinski definition) is 21. The molecule has 6 aromatic rings. The molecule has 10 rings (SSSR count). The van der Waals surface area contributed by atoms with E-state index < -0.39 is 18.2 Å². The van der Waals surface area contributed by atoms with Crippen molar-refractivity contribution in [2.45, 2.75) is 84.2 Å². The Morgan fingerprint density at radius 3 is 1.49 bits per heavy atom. The highest BCUT2D eigenvalue weighted by Crippen LogP contribution is 2.37. The van der Waals surface area contributed by atoms with Crippen LogP contribution in [0.1, 0.15) is 88.1 Å². The Bertz CT molecular complexity index is 2870. The first-order valence-electron chi connectivity index (χ1n) is 26.7. The van der Waals surface area contributed by atoms with E-state index in [0.717, 1.165) is 131 Å². The van der Waals surface area contributed by atoms with Crippen LogP contribution in [0.3, 0.4) is 0 Å². The molecule has 4 aliphatic heterocycles. The van der Waals surface area contributed by atoms with Gasteiger partial charge in [0.1, 0.15) is 22.7 Å². The summed E-state index contributed by atoms with van der Waals surface area (Å²) in [7, 11) is 0. The molecule has 2 unspecified atom stereocenters. The Morgan fingerprint density at radius 2 is 1.08 bits per heavy atom. The zero-order valence-corrected chi connectivity index (χ0v) is 44.3. The fourth-order valence-corrected chi connectivity index (χ4v) is 10.4. The zero-order chi connectivity index (χ0) is 53.3. The van der Waals surface area contributed by atoms with Gasteiger partial charge in [0.25, 0.3) is 0 Å². The van der Waals surface area contributed by atoms with Crippen molar-refractivity contribution in [2.24, 2.45) is 5.92 Å². The van der Waals surface area contributed by atoms with Crippen molar-refractivity contribution in [3.05, 3.63) is 83.7 Å². The van der Waals surface area contributed by atoms with Gasteiger partial charge in [0.2, 0.25) is 11.9 Å². The molecule has 4 saturated heterocycles. The highest BCUT2D eigenvalue weighted by Gasteiger charge is 2.35. The van der Waals surface area contributed by atoms with Gasteiger partial charge < -0.3 is 46.0 Å². The lowest BCUT2D eigenvalue weighted by atomic mass is 9.97. The van der Waals surface area contributed by atoms with Crippen LogP contribution >= 0.6 is 0 Å². The molecule has 406 valence electrons. The standard InChI is InChI=1S/C27H36N8O4.C27H38N8O2/c1-18(37)22-14-21-16-29-27(32-24(21)25(30-22)35-6-4-20(5-7-35)26(38)39)31-23-3-2-19(15-28-23)17-34-10-8-33(9-11-34)12-13-36;1-19(37)22-15-21-17-29-26(32-24(21)25(30-22)35-8-4-7-27(35,2)3)31-23-6-5-20(16-28-23)18-34-11-9-33(10-12-34)13-14-36/h2-3,14-16,18,20,36-37H,4-13,17H2,1H3,(H,38,39)(H,28,29,31,32);5-6,15-17,19,36-37H,4,7-14,18H2,1-3H3,(H,28,29,31,32). The third-order valence-electron chi connectivity index (χ3n) is 15.0. The summed E-state index contributed by atoms with van der Waals surface area (Å²) in [6.07, 6.45) is 9.07. The monoisotopic (exact) mass is 1040 g/mol. The van der Waals surface area contributed by atoms with Gasteiger partial charge in [0.05, 0.1) is 42.7 Å². The van der Waals surface area contributed by atoms with E-state index in [2.05, 4.69) is 75.0 Å². The molecule has 6 aromatic heterocycles. The van der Waals surface area contributed by atoms with Gasteiger partial charge in [0, 0.05) is 139 Å². The number of rotatable bonds is 17. The summed E-state index contributed by atoms with van der Waals surface area (Å²) in [5.41, 5.74) is 4.82. The number of carbonyl (C=O) groups is 1. The number of aliphatic carboxylic acids is 1. The molecule has 76 heavy (non-hydrogen) atoms. The van der Waals surface area contributed by atoms with Gasteiger partial charge in [-0.15, -0.1) is 0 Å². The number of carboxylic acids is 1. The molecular formula is C54H74N16O6. The second-order valence-corrected chi connectivity index (χ2v) is 21.1. The van der Waals surface area contributed by atoms with Crippen molar-refractivity contribution >= 4 is 62.9 Å². The van der Waals surface area contributed by atoms with Crippen molar-refractivity contribution < 1.29 is 30.3 Å². The topological polar surface area (TPSA) is 265 Å². The minimum absolute atomic E-state index is 0.0291. The van der Waals surface area contributed by atoms with Crippen LogP contribution in [0, 0.1) is 5.92 Å². The lowest BCUT2D eigenvalue weighted by Crippen LogP contribution is -2.46. The molecule has 0 bridgehead atoms. The van der Waals surface area contributed by atoms with Crippen molar-refractivity contribution in [3.8, 4) is 0 Å². The number of piperidine rings is 1. The number of aliphatic hydroxyl groups is 4. The maximum atomic E-state index is 11.4. The second-order valence-electron chi connectivity index (χ2n) is 21.1. The molecule has 0 radical (unpaired) electrons. The summed E-state index contributed by atoms with van der Waals surface area (Å²) in [4.78, 5) is 62.4. The smallest absolute Gasteiger partial charge is 0.306 e. The summed E-state index contributed by atoms with van der Waals surface area (Å²) >= 11 is 0. The summed E-state index contributed by atoms with van der Waals surface area (Å²) in [5, 5.41) is 56.1. The number of carboxylic acid groups (broad SMARTS) is 1. The van der Waals surface area contributed by atoms with E-state index >= 15 is 0 Å². The second kappa shape index (κ2) is 24.7. The lowest BCUT2D eigenvalue weighted by molar-refractivity contribution is -0.142. The van der Waals surface area contributed by atoms with Gasteiger partial charge in [-0.1, -0.05) is 12.1 Å². The van der Waals surface area contributed by atoms with Crippen LogP contribution in [-0.4, -0.2) is 195 Å². The maximum absolute atomic E-state index is 11.4. The van der Waals surface area contributed by atoms with Crippen molar-refractivity contribution in [1.82, 2.24) is 59.5 Å². The summed E-state index contributed by atoms with van der Waals surface area (Å²) in [6, 6.07) is 11.7. The van der Waals surface area contributed by atoms with E-state index in [9.17, 15) is 20.1 Å². The summed E-state index contributed by atoms with van der Waals surface area (Å²) in [6.45, 7) is 21.2. The van der Waals surface area contributed by atoms with Gasteiger partial charge in [-0.3, -0.25) is 24.4 Å². The quantitative estimate of drug-likeness (QED) is 0.0670. The largest absolute Gasteiger partial charge is 0.481 e. The summed E-state index contributed by atoms with van der Waals surface area (Å²) in [5.74, 6) is 2.47. The number of β-amino-alcohol motifs (C(OH)–C–C–N with tert-alkyl or cyclic N) is 2. The van der Waals surface area contributed by atoms with E-state index in [1.807, 2.05) is 41.6 Å². The average molecular weight is 1040 g/mol. The number of hydrogen-bond donors (Lipinski definition) is 7. The maximum Gasteiger partial charge on any atom is 0.306 e. The van der Waals surface area contributed by atoms with Crippen molar-refractivity contribution in [3.63, 3.8) is 0 Å². The van der Waals surface area contributed by atoms with Crippen LogP contribution in [0.5, 0.6) is 0 Å². The minimum atomic E-state index is -0.766. The molecule has 10 heterocycles. The molecule has 0 aliphatic carbocycles. The van der Waals surface area contributed by atoms with Crippen molar-refractivity contribution in [1.29, 1.82) is 0 Å². The van der Waals surface area contributed by atoms with E-state index in [-0.39, 0.29) is 24.7 Å². The Morgan fingerprint density at radius 1 is 0.618 bits per heavy atom.